The molecule has 0 aliphatic rings. The van der Waals surface area contributed by atoms with Crippen molar-refractivity contribution in [2.75, 3.05) is 25.0 Å². The van der Waals surface area contributed by atoms with E-state index in [1.54, 1.807) is 23.6 Å². The minimum absolute atomic E-state index is 0.0861. The van der Waals surface area contributed by atoms with Gasteiger partial charge in [-0.2, -0.15) is 0 Å². The van der Waals surface area contributed by atoms with Gasteiger partial charge in [0.1, 0.15) is 5.82 Å². The van der Waals surface area contributed by atoms with Crippen LogP contribution in [0.3, 0.4) is 0 Å². The van der Waals surface area contributed by atoms with Crippen LogP contribution in [0.15, 0.2) is 29.9 Å². The summed E-state index contributed by atoms with van der Waals surface area (Å²) in [4.78, 5) is 22.3. The molecule has 6 heteroatoms. The number of nitrogens with zero attached hydrogens (tertiary/aromatic N) is 3. The highest BCUT2D eigenvalue weighted by Gasteiger charge is 2.07. The fourth-order valence-electron chi connectivity index (χ4n) is 1.76. The number of rotatable bonds is 6. The van der Waals surface area contributed by atoms with Crippen LogP contribution in [0, 0.1) is 0 Å². The third-order valence-corrected chi connectivity index (χ3v) is 3.72. The molecule has 2 aromatic heterocycles. The zero-order chi connectivity index (χ0) is 14.4. The molecule has 0 aromatic carbocycles. The lowest BCUT2D eigenvalue weighted by Crippen LogP contribution is -2.24. The number of carbonyl (C=O) groups excluding carboxylic acids is 1. The van der Waals surface area contributed by atoms with Crippen molar-refractivity contribution in [3.8, 4) is 0 Å². The Hall–Kier alpha value is -1.95. The summed E-state index contributed by atoms with van der Waals surface area (Å²) in [5.41, 5.74) is 0.587. The minimum Gasteiger partial charge on any atom is -0.359 e. The van der Waals surface area contributed by atoms with Crippen LogP contribution in [0.25, 0.3) is 0 Å². The molecule has 20 heavy (non-hydrogen) atoms. The molecule has 0 saturated heterocycles. The highest BCUT2D eigenvalue weighted by atomic mass is 32.1. The van der Waals surface area contributed by atoms with Crippen molar-refractivity contribution in [3.05, 3.63) is 40.5 Å². The van der Waals surface area contributed by atoms with Gasteiger partial charge in [-0.25, -0.2) is 9.97 Å². The van der Waals surface area contributed by atoms with E-state index in [2.05, 4.69) is 20.2 Å². The summed E-state index contributed by atoms with van der Waals surface area (Å²) >= 11 is 1.66. The first-order valence-corrected chi connectivity index (χ1v) is 7.42. The summed E-state index contributed by atoms with van der Waals surface area (Å²) in [6.07, 6.45) is 4.33. The van der Waals surface area contributed by atoms with Crippen LogP contribution in [0.2, 0.25) is 0 Å². The molecule has 0 atom stereocenters. The van der Waals surface area contributed by atoms with Crippen molar-refractivity contribution in [1.29, 1.82) is 0 Å². The highest BCUT2D eigenvalue weighted by Crippen LogP contribution is 2.12. The summed E-state index contributed by atoms with van der Waals surface area (Å²) in [6.45, 7) is 3.36. The minimum atomic E-state index is -0.0861. The predicted molar refractivity (Wildman–Crippen MR) is 81.3 cm³/mol. The number of aromatic nitrogens is 2. The Morgan fingerprint density at radius 2 is 2.25 bits per heavy atom. The molecule has 106 valence electrons. The molecule has 0 spiro atoms. The summed E-state index contributed by atoms with van der Waals surface area (Å²) < 4.78 is 0. The number of nitrogens with one attached hydrogen (secondary N) is 1. The Balaban J connectivity index is 1.93. The van der Waals surface area contributed by atoms with Gasteiger partial charge in [-0.15, -0.1) is 11.3 Å². The first-order chi connectivity index (χ1) is 9.70. The van der Waals surface area contributed by atoms with Crippen molar-refractivity contribution >= 4 is 23.1 Å². The molecule has 0 bridgehead atoms. The zero-order valence-electron chi connectivity index (χ0n) is 11.7. The summed E-state index contributed by atoms with van der Waals surface area (Å²) in [6, 6.07) is 3.67. The first-order valence-electron chi connectivity index (χ1n) is 6.54. The van der Waals surface area contributed by atoms with E-state index >= 15 is 0 Å². The van der Waals surface area contributed by atoms with E-state index in [1.165, 1.54) is 0 Å². The number of amides is 1. The topological polar surface area (TPSA) is 58.1 Å². The van der Waals surface area contributed by atoms with Crippen LogP contribution in [0.1, 0.15) is 22.3 Å². The quantitative estimate of drug-likeness (QED) is 0.883. The standard InChI is InChI=1S/C14H18N4OS/c1-3-15-14(19)11-4-5-12(17-10-11)18(2)8-6-13-16-7-9-20-13/h4-5,7,9-10H,3,6,8H2,1-2H3,(H,15,19). The molecule has 2 aromatic rings. The molecular formula is C14H18N4OS. The average molecular weight is 290 g/mol. The predicted octanol–water partition coefficient (Wildman–Crippen LogP) is 1.97. The largest absolute Gasteiger partial charge is 0.359 e. The molecule has 2 rings (SSSR count). The Morgan fingerprint density at radius 1 is 1.40 bits per heavy atom. The maximum Gasteiger partial charge on any atom is 0.252 e. The smallest absolute Gasteiger partial charge is 0.252 e. The lowest BCUT2D eigenvalue weighted by Gasteiger charge is -2.17. The van der Waals surface area contributed by atoms with Crippen LogP contribution >= 0.6 is 11.3 Å². The van der Waals surface area contributed by atoms with Gasteiger partial charge in [-0.05, 0) is 19.1 Å². The Kier molecular flexibility index (Phi) is 5.06. The molecule has 1 N–H and O–H groups in total. The maximum atomic E-state index is 11.6. The second-order valence-electron chi connectivity index (χ2n) is 4.36. The molecule has 0 fully saturated rings. The number of thiazole rings is 1. The van der Waals surface area contributed by atoms with Crippen LogP contribution in [0.5, 0.6) is 0 Å². The van der Waals surface area contributed by atoms with Crippen molar-refractivity contribution < 1.29 is 4.79 Å². The lowest BCUT2D eigenvalue weighted by molar-refractivity contribution is 0.0955. The normalized spacial score (nSPS) is 10.3. The van der Waals surface area contributed by atoms with Gasteiger partial charge in [-0.1, -0.05) is 0 Å². The van der Waals surface area contributed by atoms with Crippen LogP contribution in [-0.2, 0) is 6.42 Å². The molecular weight excluding hydrogens is 272 g/mol. The SMILES string of the molecule is CCNC(=O)c1ccc(N(C)CCc2nccs2)nc1. The van der Waals surface area contributed by atoms with Crippen molar-refractivity contribution in [3.63, 3.8) is 0 Å². The van der Waals surface area contributed by atoms with Crippen molar-refractivity contribution in [2.45, 2.75) is 13.3 Å². The first kappa shape index (κ1) is 14.5. The number of carbonyl (C=O) groups is 1. The molecule has 0 aliphatic heterocycles. The average Bonchev–Trinajstić information content (AvgIpc) is 2.98. The van der Waals surface area contributed by atoms with Gasteiger partial charge in [0.15, 0.2) is 0 Å². The van der Waals surface area contributed by atoms with Crippen LogP contribution in [-0.4, -0.2) is 36.0 Å². The van der Waals surface area contributed by atoms with Gasteiger partial charge in [0.2, 0.25) is 0 Å². The third kappa shape index (κ3) is 3.77. The van der Waals surface area contributed by atoms with E-state index in [0.29, 0.717) is 12.1 Å². The van der Waals surface area contributed by atoms with Gasteiger partial charge in [-0.3, -0.25) is 4.79 Å². The molecule has 2 heterocycles. The van der Waals surface area contributed by atoms with E-state index in [0.717, 1.165) is 23.8 Å². The maximum absolute atomic E-state index is 11.6. The second-order valence-corrected chi connectivity index (χ2v) is 5.34. The van der Waals surface area contributed by atoms with Crippen LogP contribution < -0.4 is 10.2 Å². The van der Waals surface area contributed by atoms with Gasteiger partial charge >= 0.3 is 0 Å². The monoisotopic (exact) mass is 290 g/mol. The zero-order valence-corrected chi connectivity index (χ0v) is 12.5. The fourth-order valence-corrected chi connectivity index (χ4v) is 2.37. The van der Waals surface area contributed by atoms with E-state index in [4.69, 9.17) is 0 Å². The fraction of sp³-hybridized carbons (Fsp3) is 0.357. The van der Waals surface area contributed by atoms with Gasteiger partial charge in [0.25, 0.3) is 5.91 Å². The van der Waals surface area contributed by atoms with Crippen molar-refractivity contribution in [1.82, 2.24) is 15.3 Å². The van der Waals surface area contributed by atoms with Crippen molar-refractivity contribution in [2.24, 2.45) is 0 Å². The highest BCUT2D eigenvalue weighted by molar-refractivity contribution is 7.09. The van der Waals surface area contributed by atoms with E-state index < -0.39 is 0 Å². The third-order valence-electron chi connectivity index (χ3n) is 2.88. The number of hydrogen-bond donors (Lipinski definition) is 1. The van der Waals surface area contributed by atoms with E-state index in [-0.39, 0.29) is 5.91 Å². The number of likely N-dealkylation sites (N-methyl/N-ethyl adjacent to an activating group) is 1. The molecule has 0 saturated carbocycles. The molecule has 0 unspecified atom stereocenters. The van der Waals surface area contributed by atoms with Gasteiger partial charge < -0.3 is 10.2 Å². The van der Waals surface area contributed by atoms with Gasteiger partial charge in [0.05, 0.1) is 10.6 Å². The number of pyridine rings is 1. The summed E-state index contributed by atoms with van der Waals surface area (Å²) in [5.74, 6) is 0.770. The number of hydrogen-bond acceptors (Lipinski definition) is 5. The molecule has 5 nitrogen and oxygen atoms in total. The number of anilines is 1. The Bertz CT molecular complexity index is 539. The molecule has 1 amide bonds. The summed E-state index contributed by atoms with van der Waals surface area (Å²) in [7, 11) is 1.99. The Labute approximate surface area is 122 Å². The molecule has 0 aliphatic carbocycles. The molecule has 0 radical (unpaired) electrons. The second kappa shape index (κ2) is 7.00. The Morgan fingerprint density at radius 3 is 2.85 bits per heavy atom. The summed E-state index contributed by atoms with van der Waals surface area (Å²) in [5, 5.41) is 5.86. The van der Waals surface area contributed by atoms with E-state index in [9.17, 15) is 4.79 Å². The van der Waals surface area contributed by atoms with Crippen LogP contribution in [0.4, 0.5) is 5.82 Å². The van der Waals surface area contributed by atoms with E-state index in [1.807, 2.05) is 31.6 Å². The van der Waals surface area contributed by atoms with Gasteiger partial charge in [0, 0.05) is 44.3 Å². The lowest BCUT2D eigenvalue weighted by atomic mass is 10.2.